The zero-order chi connectivity index (χ0) is 15.3. The average molecular weight is 285 g/mol. The molecule has 0 unspecified atom stereocenters. The van der Waals surface area contributed by atoms with Gasteiger partial charge in [-0.3, -0.25) is 4.79 Å². The number of nitrogens with two attached hydrogens (primary N) is 1. The summed E-state index contributed by atoms with van der Waals surface area (Å²) in [6.45, 7) is 3.49. The van der Waals surface area contributed by atoms with E-state index < -0.39 is 23.0 Å². The zero-order valence-electron chi connectivity index (χ0n) is 11.3. The fourth-order valence-corrected chi connectivity index (χ4v) is 1.45. The van der Waals surface area contributed by atoms with Gasteiger partial charge in [-0.1, -0.05) is 25.1 Å². The Hall–Kier alpha value is -2.18. The van der Waals surface area contributed by atoms with Crippen LogP contribution in [0.25, 0.3) is 0 Å². The van der Waals surface area contributed by atoms with Crippen LogP contribution < -0.4 is 11.1 Å². The van der Waals surface area contributed by atoms with Crippen LogP contribution in [-0.2, 0) is 11.2 Å². The standard InChI is InChI=1S/C13H17F2N3O2/c1-13(2,12(16)18-20)7-17-11(19)5-8-3-4-9(14)6-10(8)15/h3-4,6,20H,5,7H2,1-2H3,(H2,16,18)(H,17,19). The van der Waals surface area contributed by atoms with Crippen molar-refractivity contribution >= 4 is 11.7 Å². The SMILES string of the molecule is CC(C)(CNC(=O)Cc1ccc(F)cc1F)/C(N)=N/O. The molecule has 0 heterocycles. The average Bonchev–Trinajstić information content (AvgIpc) is 2.39. The maximum absolute atomic E-state index is 13.4. The number of nitrogens with one attached hydrogen (secondary N) is 1. The van der Waals surface area contributed by atoms with E-state index in [9.17, 15) is 13.6 Å². The Bertz CT molecular complexity index is 530. The number of carbonyl (C=O) groups is 1. The van der Waals surface area contributed by atoms with E-state index in [1.165, 1.54) is 6.07 Å². The highest BCUT2D eigenvalue weighted by Crippen LogP contribution is 2.14. The summed E-state index contributed by atoms with van der Waals surface area (Å²) in [7, 11) is 0. The number of rotatable bonds is 5. The lowest BCUT2D eigenvalue weighted by atomic mass is 9.92. The maximum Gasteiger partial charge on any atom is 0.224 e. The molecule has 0 bridgehead atoms. The number of amidine groups is 1. The first-order valence-electron chi connectivity index (χ1n) is 5.95. The predicted octanol–water partition coefficient (Wildman–Crippen LogP) is 1.40. The van der Waals surface area contributed by atoms with Crippen LogP contribution in [0.4, 0.5) is 8.78 Å². The molecule has 0 radical (unpaired) electrons. The van der Waals surface area contributed by atoms with Crippen molar-refractivity contribution in [2.45, 2.75) is 20.3 Å². The quantitative estimate of drug-likeness (QED) is 0.331. The normalized spacial score (nSPS) is 12.3. The van der Waals surface area contributed by atoms with E-state index in [2.05, 4.69) is 10.5 Å². The Kier molecular flexibility index (Phi) is 5.01. The Morgan fingerprint density at radius 3 is 2.65 bits per heavy atom. The van der Waals surface area contributed by atoms with Gasteiger partial charge in [0.15, 0.2) is 0 Å². The minimum Gasteiger partial charge on any atom is -0.409 e. The molecule has 0 fully saturated rings. The number of amides is 1. The lowest BCUT2D eigenvalue weighted by Crippen LogP contribution is -2.43. The summed E-state index contributed by atoms with van der Waals surface area (Å²) in [6, 6.07) is 3.04. The number of benzene rings is 1. The van der Waals surface area contributed by atoms with Gasteiger partial charge in [-0.15, -0.1) is 0 Å². The van der Waals surface area contributed by atoms with Crippen LogP contribution in [0.15, 0.2) is 23.4 Å². The predicted molar refractivity (Wildman–Crippen MR) is 70.3 cm³/mol. The molecule has 0 atom stereocenters. The van der Waals surface area contributed by atoms with Gasteiger partial charge in [0.25, 0.3) is 0 Å². The first-order valence-corrected chi connectivity index (χ1v) is 5.95. The van der Waals surface area contributed by atoms with Crippen molar-refractivity contribution in [2.75, 3.05) is 6.54 Å². The summed E-state index contributed by atoms with van der Waals surface area (Å²) < 4.78 is 26.1. The van der Waals surface area contributed by atoms with Crippen molar-refractivity contribution in [3.63, 3.8) is 0 Å². The molecular weight excluding hydrogens is 268 g/mol. The summed E-state index contributed by atoms with van der Waals surface area (Å²) in [6.07, 6.45) is -0.210. The van der Waals surface area contributed by atoms with Crippen molar-refractivity contribution in [3.05, 3.63) is 35.4 Å². The van der Waals surface area contributed by atoms with Gasteiger partial charge in [0.1, 0.15) is 17.5 Å². The Morgan fingerprint density at radius 2 is 2.10 bits per heavy atom. The molecule has 7 heteroatoms. The topological polar surface area (TPSA) is 87.7 Å². The molecule has 0 saturated carbocycles. The Labute approximate surface area is 115 Å². The molecule has 0 aromatic heterocycles. The number of carbonyl (C=O) groups excluding carboxylic acids is 1. The van der Waals surface area contributed by atoms with Crippen LogP contribution in [0.3, 0.4) is 0 Å². The summed E-state index contributed by atoms with van der Waals surface area (Å²) >= 11 is 0. The second-order valence-corrected chi connectivity index (χ2v) is 5.06. The van der Waals surface area contributed by atoms with Gasteiger partial charge in [0.05, 0.1) is 6.42 Å². The van der Waals surface area contributed by atoms with Crippen molar-refractivity contribution < 1.29 is 18.8 Å². The highest BCUT2D eigenvalue weighted by molar-refractivity contribution is 5.86. The number of oxime groups is 1. The highest BCUT2D eigenvalue weighted by atomic mass is 19.1. The monoisotopic (exact) mass is 285 g/mol. The molecule has 1 aromatic carbocycles. The van der Waals surface area contributed by atoms with Crippen molar-refractivity contribution in [1.29, 1.82) is 0 Å². The van der Waals surface area contributed by atoms with Gasteiger partial charge in [0, 0.05) is 18.0 Å². The number of hydrogen-bond donors (Lipinski definition) is 3. The van der Waals surface area contributed by atoms with Crippen LogP contribution in [-0.4, -0.2) is 23.5 Å². The lowest BCUT2D eigenvalue weighted by molar-refractivity contribution is -0.120. The molecule has 4 N–H and O–H groups in total. The van der Waals surface area contributed by atoms with Gasteiger partial charge < -0.3 is 16.3 Å². The van der Waals surface area contributed by atoms with Crippen molar-refractivity contribution in [2.24, 2.45) is 16.3 Å². The first kappa shape index (κ1) is 15.9. The molecule has 5 nitrogen and oxygen atoms in total. The zero-order valence-corrected chi connectivity index (χ0v) is 11.3. The fourth-order valence-electron chi connectivity index (χ4n) is 1.45. The van der Waals surface area contributed by atoms with Gasteiger partial charge in [-0.25, -0.2) is 8.78 Å². The summed E-state index contributed by atoms with van der Waals surface area (Å²) in [4.78, 5) is 11.7. The van der Waals surface area contributed by atoms with Crippen LogP contribution in [0, 0.1) is 17.0 Å². The fraction of sp³-hybridized carbons (Fsp3) is 0.385. The van der Waals surface area contributed by atoms with E-state index in [4.69, 9.17) is 10.9 Å². The van der Waals surface area contributed by atoms with Gasteiger partial charge >= 0.3 is 0 Å². The molecule has 0 aliphatic heterocycles. The smallest absolute Gasteiger partial charge is 0.224 e. The van der Waals surface area contributed by atoms with Gasteiger partial charge in [-0.2, -0.15) is 0 Å². The molecule has 0 aliphatic carbocycles. The third kappa shape index (κ3) is 4.18. The van der Waals surface area contributed by atoms with E-state index in [0.717, 1.165) is 12.1 Å². The second kappa shape index (κ2) is 6.31. The third-order valence-electron chi connectivity index (χ3n) is 2.89. The van der Waals surface area contributed by atoms with Crippen molar-refractivity contribution in [3.8, 4) is 0 Å². The Balaban J connectivity index is 2.61. The first-order chi connectivity index (χ1) is 9.26. The largest absolute Gasteiger partial charge is 0.409 e. The number of halogens is 2. The van der Waals surface area contributed by atoms with Crippen LogP contribution >= 0.6 is 0 Å². The molecular formula is C13H17F2N3O2. The van der Waals surface area contributed by atoms with Gasteiger partial charge in [0.2, 0.25) is 5.91 Å². The molecule has 110 valence electrons. The summed E-state index contributed by atoms with van der Waals surface area (Å²) in [5.41, 5.74) is 4.85. The van der Waals surface area contributed by atoms with E-state index in [1.807, 2.05) is 0 Å². The minimum absolute atomic E-state index is 0.0224. The lowest BCUT2D eigenvalue weighted by Gasteiger charge is -2.23. The second-order valence-electron chi connectivity index (χ2n) is 5.06. The van der Waals surface area contributed by atoms with E-state index in [0.29, 0.717) is 0 Å². The molecule has 0 aliphatic rings. The molecule has 20 heavy (non-hydrogen) atoms. The molecule has 1 rings (SSSR count). The maximum atomic E-state index is 13.4. The van der Waals surface area contributed by atoms with Crippen LogP contribution in [0.1, 0.15) is 19.4 Å². The highest BCUT2D eigenvalue weighted by Gasteiger charge is 2.24. The van der Waals surface area contributed by atoms with E-state index in [-0.39, 0.29) is 24.4 Å². The third-order valence-corrected chi connectivity index (χ3v) is 2.89. The van der Waals surface area contributed by atoms with Crippen LogP contribution in [0.5, 0.6) is 0 Å². The van der Waals surface area contributed by atoms with E-state index in [1.54, 1.807) is 13.8 Å². The number of nitrogens with zero attached hydrogens (tertiary/aromatic N) is 1. The van der Waals surface area contributed by atoms with E-state index >= 15 is 0 Å². The Morgan fingerprint density at radius 1 is 1.45 bits per heavy atom. The molecule has 0 spiro atoms. The number of hydrogen-bond acceptors (Lipinski definition) is 3. The molecule has 1 amide bonds. The summed E-state index contributed by atoms with van der Waals surface area (Å²) in [5, 5.41) is 14.0. The van der Waals surface area contributed by atoms with Gasteiger partial charge in [-0.05, 0) is 11.6 Å². The van der Waals surface area contributed by atoms with Crippen molar-refractivity contribution in [1.82, 2.24) is 5.32 Å². The van der Waals surface area contributed by atoms with Crippen LogP contribution in [0.2, 0.25) is 0 Å². The molecule has 1 aromatic rings. The minimum atomic E-state index is -0.768. The summed E-state index contributed by atoms with van der Waals surface area (Å²) in [5.74, 6) is -1.92. The molecule has 0 saturated heterocycles.